The highest BCUT2D eigenvalue weighted by Gasteiger charge is 2.36. The Kier molecular flexibility index (Phi) is 2.92. The van der Waals surface area contributed by atoms with E-state index in [1.807, 2.05) is 0 Å². The number of carboxylic acid groups (broad SMARTS) is 1. The molecule has 0 aromatic carbocycles. The first-order valence-electron chi connectivity index (χ1n) is 3.43. The van der Waals surface area contributed by atoms with Gasteiger partial charge in [0.2, 0.25) is 0 Å². The highest BCUT2D eigenvalue weighted by atomic mass is 32.1. The van der Waals surface area contributed by atoms with Gasteiger partial charge in [0.15, 0.2) is 0 Å². The van der Waals surface area contributed by atoms with Gasteiger partial charge in [0, 0.05) is 13.0 Å². The van der Waals surface area contributed by atoms with Crippen molar-refractivity contribution >= 4 is 35.1 Å². The fraction of sp³-hybridized carbons (Fsp3) is 0.667. The average Bonchev–Trinajstić information content (AvgIpc) is 2.31. The van der Waals surface area contributed by atoms with Gasteiger partial charge in [-0.15, -0.1) is 12.6 Å². The minimum absolute atomic E-state index is 0.218. The highest BCUT2D eigenvalue weighted by molar-refractivity contribution is 8.10. The summed E-state index contributed by atoms with van der Waals surface area (Å²) in [5.74, 6) is -0.969. The lowest BCUT2D eigenvalue weighted by Crippen LogP contribution is -2.37. The zero-order valence-electron chi connectivity index (χ0n) is 6.17. The quantitative estimate of drug-likeness (QED) is 0.408. The fourth-order valence-electron chi connectivity index (χ4n) is 1.26. The lowest BCUT2D eigenvalue weighted by Gasteiger charge is -2.20. The maximum atomic E-state index is 10.6. The number of thiol groups is 1. The first-order valence-corrected chi connectivity index (χ1v) is 4.28. The summed E-state index contributed by atoms with van der Waals surface area (Å²) in [7, 11) is 0. The van der Waals surface area contributed by atoms with Crippen molar-refractivity contribution < 1.29 is 15.0 Å². The number of hydrogen-bond acceptors (Lipinski definition) is 3. The Morgan fingerprint density at radius 1 is 1.67 bits per heavy atom. The molecule has 1 aliphatic rings. The van der Waals surface area contributed by atoms with E-state index in [0.29, 0.717) is 0 Å². The van der Waals surface area contributed by atoms with Crippen molar-refractivity contribution in [3.63, 3.8) is 0 Å². The normalized spacial score (nSPS) is 29.0. The number of nitrogens with zero attached hydrogens (tertiary/aromatic N) is 1. The van der Waals surface area contributed by atoms with E-state index < -0.39 is 18.1 Å². The summed E-state index contributed by atoms with van der Waals surface area (Å²) in [6.07, 6.45) is -0.396. The van der Waals surface area contributed by atoms with Crippen molar-refractivity contribution in [1.29, 1.82) is 0 Å². The van der Waals surface area contributed by atoms with Crippen LogP contribution in [0.3, 0.4) is 0 Å². The predicted molar refractivity (Wildman–Crippen MR) is 50.3 cm³/mol. The zero-order valence-corrected chi connectivity index (χ0v) is 7.89. The van der Waals surface area contributed by atoms with Gasteiger partial charge in [-0.2, -0.15) is 0 Å². The molecule has 4 nitrogen and oxygen atoms in total. The molecular formula is C6H9NO3S2. The molecule has 1 aliphatic heterocycles. The molecule has 1 unspecified atom stereocenters. The number of hydrogen-bond donors (Lipinski definition) is 3. The number of aliphatic hydroxyl groups excluding tert-OH is 1. The fourth-order valence-corrected chi connectivity index (χ4v) is 1.68. The van der Waals surface area contributed by atoms with Crippen LogP contribution in [-0.4, -0.2) is 44.1 Å². The average molecular weight is 207 g/mol. The van der Waals surface area contributed by atoms with E-state index in [1.165, 1.54) is 4.90 Å². The number of aliphatic carboxylic acids is 1. The van der Waals surface area contributed by atoms with Gasteiger partial charge in [-0.25, -0.2) is 4.79 Å². The maximum absolute atomic E-state index is 10.6. The van der Waals surface area contributed by atoms with Crippen LogP contribution in [0.4, 0.5) is 0 Å². The van der Waals surface area contributed by atoms with Gasteiger partial charge in [0.05, 0.1) is 6.10 Å². The molecule has 1 fully saturated rings. The molecule has 2 N–H and O–H groups in total. The number of thiocarbonyl (C=S) groups is 1. The number of aliphatic hydroxyl groups is 1. The third-order valence-corrected chi connectivity index (χ3v) is 2.30. The van der Waals surface area contributed by atoms with E-state index in [-0.39, 0.29) is 17.3 Å². The van der Waals surface area contributed by atoms with Crippen LogP contribution in [-0.2, 0) is 4.79 Å². The molecule has 12 heavy (non-hydrogen) atoms. The van der Waals surface area contributed by atoms with Crippen LogP contribution >= 0.6 is 24.8 Å². The molecule has 0 aliphatic carbocycles. The molecule has 0 spiro atoms. The zero-order chi connectivity index (χ0) is 9.30. The number of carboxylic acids is 1. The summed E-state index contributed by atoms with van der Waals surface area (Å²) in [5.41, 5.74) is 0. The predicted octanol–water partition coefficient (Wildman–Crippen LogP) is -0.279. The van der Waals surface area contributed by atoms with Crippen molar-refractivity contribution in [2.24, 2.45) is 0 Å². The lowest BCUT2D eigenvalue weighted by molar-refractivity contribution is -0.140. The van der Waals surface area contributed by atoms with Crippen LogP contribution < -0.4 is 0 Å². The summed E-state index contributed by atoms with van der Waals surface area (Å²) in [5, 5.41) is 17.9. The van der Waals surface area contributed by atoms with Gasteiger partial charge in [0.25, 0.3) is 0 Å². The van der Waals surface area contributed by atoms with Gasteiger partial charge in [-0.05, 0) is 0 Å². The smallest absolute Gasteiger partial charge is 0.326 e. The second-order valence-electron chi connectivity index (χ2n) is 2.68. The van der Waals surface area contributed by atoms with Gasteiger partial charge in [-0.3, -0.25) is 0 Å². The second-order valence-corrected chi connectivity index (χ2v) is 3.79. The van der Waals surface area contributed by atoms with E-state index in [0.717, 1.165) is 0 Å². The van der Waals surface area contributed by atoms with Crippen LogP contribution in [0.25, 0.3) is 0 Å². The van der Waals surface area contributed by atoms with Crippen LogP contribution in [0.2, 0.25) is 0 Å². The van der Waals surface area contributed by atoms with E-state index in [9.17, 15) is 4.79 Å². The monoisotopic (exact) mass is 207 g/mol. The Bertz CT molecular complexity index is 199. The van der Waals surface area contributed by atoms with Crippen LogP contribution in [0, 0.1) is 0 Å². The molecule has 0 amide bonds. The molecule has 0 bridgehead atoms. The maximum Gasteiger partial charge on any atom is 0.326 e. The minimum atomic E-state index is -0.969. The number of likely N-dealkylation sites (tertiary alicyclic amines) is 1. The SMILES string of the molecule is O=C(O)[C@@H]1CC(O)CN1C(=S)S. The Balaban J connectivity index is 2.72. The van der Waals surface area contributed by atoms with Crippen LogP contribution in [0.15, 0.2) is 0 Å². The topological polar surface area (TPSA) is 60.8 Å². The molecule has 0 aromatic heterocycles. The van der Waals surface area contributed by atoms with Gasteiger partial charge >= 0.3 is 5.97 Å². The van der Waals surface area contributed by atoms with E-state index in [1.54, 1.807) is 0 Å². The first kappa shape index (κ1) is 9.76. The third kappa shape index (κ3) is 1.88. The van der Waals surface area contributed by atoms with Crippen LogP contribution in [0.1, 0.15) is 6.42 Å². The molecule has 1 rings (SSSR count). The number of β-amino-alcohol motifs (C(OH)–C–C–N with tert-alkyl or cyclic N) is 1. The third-order valence-electron chi connectivity index (χ3n) is 1.81. The van der Waals surface area contributed by atoms with E-state index in [4.69, 9.17) is 22.4 Å². The molecule has 0 aromatic rings. The van der Waals surface area contributed by atoms with Crippen molar-refractivity contribution in [2.75, 3.05) is 6.54 Å². The van der Waals surface area contributed by atoms with Crippen molar-refractivity contribution in [3.8, 4) is 0 Å². The number of rotatable bonds is 1. The standard InChI is InChI=1S/C6H9NO3S2/c8-3-1-4(5(9)10)7(2-3)6(11)12/h3-4,8H,1-2H2,(H,9,10)(H,11,12)/t3?,4-/m0/s1. The Labute approximate surface area is 80.6 Å². The van der Waals surface area contributed by atoms with Gasteiger partial charge in [0.1, 0.15) is 10.4 Å². The second kappa shape index (κ2) is 3.59. The Morgan fingerprint density at radius 3 is 2.58 bits per heavy atom. The summed E-state index contributed by atoms with van der Waals surface area (Å²) in [4.78, 5) is 12.0. The largest absolute Gasteiger partial charge is 0.480 e. The van der Waals surface area contributed by atoms with Crippen molar-refractivity contribution in [2.45, 2.75) is 18.6 Å². The molecule has 1 heterocycles. The van der Waals surface area contributed by atoms with Crippen LogP contribution in [0.5, 0.6) is 0 Å². The molecule has 68 valence electrons. The van der Waals surface area contributed by atoms with Crippen molar-refractivity contribution in [1.82, 2.24) is 4.90 Å². The summed E-state index contributed by atoms with van der Waals surface area (Å²) < 4.78 is 0.221. The van der Waals surface area contributed by atoms with E-state index >= 15 is 0 Å². The molecule has 0 radical (unpaired) electrons. The Hall–Kier alpha value is -0.330. The van der Waals surface area contributed by atoms with E-state index in [2.05, 4.69) is 12.6 Å². The van der Waals surface area contributed by atoms with Crippen molar-refractivity contribution in [3.05, 3.63) is 0 Å². The summed E-state index contributed by atoms with van der Waals surface area (Å²) >= 11 is 8.59. The summed E-state index contributed by atoms with van der Waals surface area (Å²) in [6, 6.07) is -0.718. The van der Waals surface area contributed by atoms with Gasteiger partial charge in [-0.1, -0.05) is 12.2 Å². The first-order chi connectivity index (χ1) is 5.52. The molecule has 6 heteroatoms. The summed E-state index contributed by atoms with van der Waals surface area (Å²) in [6.45, 7) is 0.263. The lowest BCUT2D eigenvalue weighted by atomic mass is 10.2. The minimum Gasteiger partial charge on any atom is -0.480 e. The molecule has 0 saturated carbocycles. The highest BCUT2D eigenvalue weighted by Crippen LogP contribution is 2.19. The number of carbonyl (C=O) groups is 1. The molecule has 2 atom stereocenters. The molecule has 1 saturated heterocycles. The molecular weight excluding hydrogens is 198 g/mol. The van der Waals surface area contributed by atoms with Gasteiger partial charge < -0.3 is 15.1 Å². The Morgan fingerprint density at radius 2 is 2.25 bits per heavy atom.